The second kappa shape index (κ2) is 3.61. The quantitative estimate of drug-likeness (QED) is 0.649. The Bertz CT molecular complexity index is 162. The fourth-order valence-corrected chi connectivity index (χ4v) is 1.18. The van der Waals surface area contributed by atoms with Gasteiger partial charge in [-0.25, -0.2) is 8.42 Å². The van der Waals surface area contributed by atoms with Gasteiger partial charge in [0, 0.05) is 0 Å². The Labute approximate surface area is 63.5 Å². The van der Waals surface area contributed by atoms with Gasteiger partial charge in [-0.05, 0) is 0 Å². The van der Waals surface area contributed by atoms with Gasteiger partial charge in [0.25, 0.3) is 0 Å². The largest absolute Gasteiger partial charge is 0.395 e. The predicted octanol–water partition coefficient (Wildman–Crippen LogP) is 0.155. The molecule has 0 saturated carbocycles. The van der Waals surface area contributed by atoms with Crippen LogP contribution in [0.3, 0.4) is 0 Å². The number of halogens is 2. The zero-order chi connectivity index (χ0) is 7.49. The van der Waals surface area contributed by atoms with E-state index in [1.165, 1.54) is 0 Å². The van der Waals surface area contributed by atoms with Crippen LogP contribution in [-0.4, -0.2) is 30.1 Å². The van der Waals surface area contributed by atoms with Crippen LogP contribution in [-0.2, 0) is 9.84 Å². The summed E-state index contributed by atoms with van der Waals surface area (Å²) in [7, 11) is -3.47. The molecule has 0 amide bonds. The van der Waals surface area contributed by atoms with E-state index in [-0.39, 0.29) is 5.75 Å². The van der Waals surface area contributed by atoms with Crippen molar-refractivity contribution >= 4 is 33.0 Å². The molecular weight excluding hydrogens is 187 g/mol. The summed E-state index contributed by atoms with van der Waals surface area (Å²) in [5.41, 5.74) is 0. The van der Waals surface area contributed by atoms with E-state index < -0.39 is 20.6 Å². The summed E-state index contributed by atoms with van der Waals surface area (Å²) in [6, 6.07) is 0. The summed E-state index contributed by atoms with van der Waals surface area (Å²) in [5.74, 6) is -0.384. The third-order valence-electron chi connectivity index (χ3n) is 0.647. The maximum Gasteiger partial charge on any atom is 0.208 e. The average Bonchev–Trinajstić information content (AvgIpc) is 1.65. The first kappa shape index (κ1) is 9.49. The molecule has 0 aromatic carbocycles. The van der Waals surface area contributed by atoms with Crippen molar-refractivity contribution in [1.82, 2.24) is 0 Å². The zero-order valence-electron chi connectivity index (χ0n) is 4.42. The Balaban J connectivity index is 4.05. The van der Waals surface area contributed by atoms with Gasteiger partial charge in [-0.2, -0.15) is 0 Å². The second-order valence-corrected chi connectivity index (χ2v) is 5.17. The van der Waals surface area contributed by atoms with Crippen LogP contribution in [0, 0.1) is 0 Å². The number of sulfone groups is 1. The van der Waals surface area contributed by atoms with Crippen LogP contribution in [0.4, 0.5) is 0 Å². The molecule has 56 valence electrons. The molecule has 0 aromatic heterocycles. The molecule has 3 nitrogen and oxygen atoms in total. The summed E-state index contributed by atoms with van der Waals surface area (Å²) >= 11 is 10.0. The maximum absolute atomic E-state index is 10.5. The van der Waals surface area contributed by atoms with Crippen LogP contribution in [0.1, 0.15) is 0 Å². The monoisotopic (exact) mass is 192 g/mol. The first-order chi connectivity index (χ1) is 4.00. The van der Waals surface area contributed by atoms with Gasteiger partial charge in [-0.1, -0.05) is 23.2 Å². The average molecular weight is 193 g/mol. The van der Waals surface area contributed by atoms with Crippen LogP contribution in [0.2, 0.25) is 0 Å². The molecule has 0 heterocycles. The number of hydrogen-bond donors (Lipinski definition) is 1. The van der Waals surface area contributed by atoms with Crippen molar-refractivity contribution in [2.75, 3.05) is 12.4 Å². The Morgan fingerprint density at radius 3 is 2.00 bits per heavy atom. The number of alkyl halides is 2. The number of aliphatic hydroxyl groups is 1. The fourth-order valence-electron chi connectivity index (χ4n) is 0.216. The molecule has 0 bridgehead atoms. The smallest absolute Gasteiger partial charge is 0.208 e. The van der Waals surface area contributed by atoms with Crippen molar-refractivity contribution in [3.63, 3.8) is 0 Å². The van der Waals surface area contributed by atoms with Crippen molar-refractivity contribution in [1.29, 1.82) is 0 Å². The topological polar surface area (TPSA) is 54.4 Å². The van der Waals surface area contributed by atoms with Crippen LogP contribution >= 0.6 is 23.2 Å². The summed E-state index contributed by atoms with van der Waals surface area (Å²) in [4.78, 5) is 0. The highest BCUT2D eigenvalue weighted by Gasteiger charge is 2.18. The Hall–Kier alpha value is 0.490. The van der Waals surface area contributed by atoms with Gasteiger partial charge in [0.1, 0.15) is 0 Å². The molecule has 0 unspecified atom stereocenters. The van der Waals surface area contributed by atoms with Gasteiger partial charge < -0.3 is 5.11 Å². The van der Waals surface area contributed by atoms with Crippen molar-refractivity contribution in [3.8, 4) is 0 Å². The lowest BCUT2D eigenvalue weighted by atomic mass is 10.9. The summed E-state index contributed by atoms with van der Waals surface area (Å²) in [6.07, 6.45) is 0. The molecule has 0 saturated heterocycles. The van der Waals surface area contributed by atoms with E-state index in [0.29, 0.717) is 0 Å². The maximum atomic E-state index is 10.5. The van der Waals surface area contributed by atoms with Crippen LogP contribution in [0.5, 0.6) is 0 Å². The highest BCUT2D eigenvalue weighted by molar-refractivity contribution is 7.94. The van der Waals surface area contributed by atoms with Crippen molar-refractivity contribution in [2.24, 2.45) is 0 Å². The molecule has 0 atom stereocenters. The van der Waals surface area contributed by atoms with Gasteiger partial charge in [0.2, 0.25) is 4.17 Å². The number of rotatable bonds is 3. The highest BCUT2D eigenvalue weighted by atomic mass is 35.5. The normalized spacial score (nSPS) is 12.4. The van der Waals surface area contributed by atoms with Crippen LogP contribution in [0.15, 0.2) is 0 Å². The van der Waals surface area contributed by atoms with Crippen LogP contribution < -0.4 is 0 Å². The molecule has 6 heteroatoms. The number of hydrogen-bond acceptors (Lipinski definition) is 3. The van der Waals surface area contributed by atoms with E-state index >= 15 is 0 Å². The molecular formula is C3H6Cl2O3S. The van der Waals surface area contributed by atoms with Gasteiger partial charge in [-0.15, -0.1) is 0 Å². The second-order valence-electron chi connectivity index (χ2n) is 1.35. The van der Waals surface area contributed by atoms with E-state index in [9.17, 15) is 8.42 Å². The summed E-state index contributed by atoms with van der Waals surface area (Å²) < 4.78 is 19.6. The molecule has 0 rings (SSSR count). The molecule has 0 aliphatic heterocycles. The molecule has 0 aliphatic rings. The minimum Gasteiger partial charge on any atom is -0.395 e. The van der Waals surface area contributed by atoms with Crippen molar-refractivity contribution < 1.29 is 13.5 Å². The third-order valence-corrected chi connectivity index (χ3v) is 3.57. The van der Waals surface area contributed by atoms with E-state index in [2.05, 4.69) is 0 Å². The first-order valence-corrected chi connectivity index (χ1v) is 4.70. The Morgan fingerprint density at radius 2 is 1.89 bits per heavy atom. The van der Waals surface area contributed by atoms with Crippen LogP contribution in [0.25, 0.3) is 0 Å². The number of aliphatic hydroxyl groups excluding tert-OH is 1. The lowest BCUT2D eigenvalue weighted by Crippen LogP contribution is -2.15. The first-order valence-electron chi connectivity index (χ1n) is 2.11. The van der Waals surface area contributed by atoms with Gasteiger partial charge >= 0.3 is 0 Å². The SMILES string of the molecule is O=S(=O)(CCO)C(Cl)Cl. The predicted molar refractivity (Wildman–Crippen MR) is 36.4 cm³/mol. The van der Waals surface area contributed by atoms with E-state index in [4.69, 9.17) is 28.3 Å². The lowest BCUT2D eigenvalue weighted by molar-refractivity contribution is 0.319. The Kier molecular flexibility index (Phi) is 3.80. The highest BCUT2D eigenvalue weighted by Crippen LogP contribution is 2.10. The molecule has 0 aliphatic carbocycles. The van der Waals surface area contributed by atoms with E-state index in [1.807, 2.05) is 0 Å². The summed E-state index contributed by atoms with van der Waals surface area (Å²) in [5, 5.41) is 8.15. The molecule has 0 radical (unpaired) electrons. The van der Waals surface area contributed by atoms with E-state index in [1.54, 1.807) is 0 Å². The van der Waals surface area contributed by atoms with Gasteiger partial charge in [0.05, 0.1) is 12.4 Å². The zero-order valence-corrected chi connectivity index (χ0v) is 6.75. The minimum absolute atomic E-state index is 0.384. The molecule has 0 aromatic rings. The van der Waals surface area contributed by atoms with Crippen molar-refractivity contribution in [2.45, 2.75) is 4.17 Å². The van der Waals surface area contributed by atoms with E-state index in [0.717, 1.165) is 0 Å². The summed E-state index contributed by atoms with van der Waals surface area (Å²) in [6.45, 7) is -0.446. The lowest BCUT2D eigenvalue weighted by Gasteiger charge is -1.99. The third kappa shape index (κ3) is 3.25. The molecule has 9 heavy (non-hydrogen) atoms. The Morgan fingerprint density at radius 1 is 1.44 bits per heavy atom. The van der Waals surface area contributed by atoms with Gasteiger partial charge in [-0.3, -0.25) is 0 Å². The standard InChI is InChI=1S/C3H6Cl2O3S/c4-3(5)9(7,8)2-1-6/h3,6H,1-2H2. The fraction of sp³-hybridized carbons (Fsp3) is 1.00. The minimum atomic E-state index is -3.47. The molecule has 1 N–H and O–H groups in total. The van der Waals surface area contributed by atoms with Crippen molar-refractivity contribution in [3.05, 3.63) is 0 Å². The molecule has 0 spiro atoms. The van der Waals surface area contributed by atoms with Gasteiger partial charge in [0.15, 0.2) is 9.84 Å². The molecule has 0 fully saturated rings.